The maximum atomic E-state index is 11.1. The molecule has 1 fully saturated rings. The van der Waals surface area contributed by atoms with Crippen LogP contribution >= 0.6 is 0 Å². The number of hydrogen-bond donors (Lipinski definition) is 1. The van der Waals surface area contributed by atoms with E-state index in [-0.39, 0.29) is 11.9 Å². The van der Waals surface area contributed by atoms with E-state index in [1.165, 1.54) is 6.92 Å². The number of carbonyl (C=O) groups excluding carboxylic acids is 1. The molecule has 0 aliphatic carbocycles. The van der Waals surface area contributed by atoms with Crippen LogP contribution in [-0.2, 0) is 4.79 Å². The molecule has 1 aliphatic heterocycles. The van der Waals surface area contributed by atoms with Gasteiger partial charge in [-0.15, -0.1) is 0 Å². The molecule has 8 nitrogen and oxygen atoms in total. The molecule has 1 saturated heterocycles. The molecule has 1 unspecified atom stereocenters. The minimum atomic E-state index is -0.137. The number of fused-ring (bicyclic) bond motifs is 1. The van der Waals surface area contributed by atoms with Gasteiger partial charge in [-0.05, 0) is 18.6 Å². The van der Waals surface area contributed by atoms with E-state index in [2.05, 4.69) is 26.4 Å². The molecule has 0 bridgehead atoms. The zero-order valence-corrected chi connectivity index (χ0v) is 13.8. The van der Waals surface area contributed by atoms with Crippen LogP contribution in [0.5, 0.6) is 0 Å². The first-order valence-electron chi connectivity index (χ1n) is 8.10. The number of nitrogens with zero attached hydrogens (tertiary/aromatic N) is 6. The molecule has 1 atom stereocenters. The predicted molar refractivity (Wildman–Crippen MR) is 92.3 cm³/mol. The van der Waals surface area contributed by atoms with Crippen LogP contribution in [0.4, 0.5) is 11.6 Å². The van der Waals surface area contributed by atoms with Gasteiger partial charge in [0, 0.05) is 38.5 Å². The van der Waals surface area contributed by atoms with Crippen molar-refractivity contribution in [2.75, 3.05) is 23.3 Å². The van der Waals surface area contributed by atoms with Crippen molar-refractivity contribution in [3.63, 3.8) is 0 Å². The molecule has 0 radical (unpaired) electrons. The molecule has 4 rings (SSSR count). The summed E-state index contributed by atoms with van der Waals surface area (Å²) in [6, 6.07) is 9.92. The van der Waals surface area contributed by atoms with E-state index in [4.69, 9.17) is 0 Å². The van der Waals surface area contributed by atoms with E-state index in [0.717, 1.165) is 25.2 Å². The summed E-state index contributed by atoms with van der Waals surface area (Å²) >= 11 is 0. The van der Waals surface area contributed by atoms with E-state index in [9.17, 15) is 10.1 Å². The fourth-order valence-electron chi connectivity index (χ4n) is 3.25. The van der Waals surface area contributed by atoms with Crippen LogP contribution in [0.1, 0.15) is 25.1 Å². The third-order valence-electron chi connectivity index (χ3n) is 4.37. The zero-order chi connectivity index (χ0) is 17.4. The van der Waals surface area contributed by atoms with Gasteiger partial charge in [-0.2, -0.15) is 10.4 Å². The number of anilines is 2. The van der Waals surface area contributed by atoms with Gasteiger partial charge < -0.3 is 10.2 Å². The minimum absolute atomic E-state index is 0.137. The number of imidazole rings is 1. The lowest BCUT2D eigenvalue weighted by Crippen LogP contribution is -2.22. The van der Waals surface area contributed by atoms with Crippen molar-refractivity contribution < 1.29 is 4.79 Å². The van der Waals surface area contributed by atoms with Gasteiger partial charge >= 0.3 is 0 Å². The van der Waals surface area contributed by atoms with Crippen molar-refractivity contribution in [2.24, 2.45) is 0 Å². The summed E-state index contributed by atoms with van der Waals surface area (Å²) in [5, 5.41) is 16.6. The maximum absolute atomic E-state index is 11.1. The number of carbonyl (C=O) groups is 1. The molecular weight excluding hydrogens is 318 g/mol. The van der Waals surface area contributed by atoms with Gasteiger partial charge in [0.05, 0.1) is 6.04 Å². The second-order valence-corrected chi connectivity index (χ2v) is 6.08. The number of pyridine rings is 1. The lowest BCUT2D eigenvalue weighted by atomic mass is 10.3. The van der Waals surface area contributed by atoms with Gasteiger partial charge in [-0.1, -0.05) is 6.07 Å². The SMILES string of the molecule is CC(=O)Nc1ccn(C2CCN(c3nc4ccccn4c3C#N)C2)n1. The molecule has 25 heavy (non-hydrogen) atoms. The number of nitriles is 1. The largest absolute Gasteiger partial charge is 0.352 e. The smallest absolute Gasteiger partial charge is 0.222 e. The highest BCUT2D eigenvalue weighted by Gasteiger charge is 2.28. The van der Waals surface area contributed by atoms with Crippen LogP contribution < -0.4 is 10.2 Å². The highest BCUT2D eigenvalue weighted by molar-refractivity contribution is 5.87. The Hall–Kier alpha value is -3.34. The van der Waals surface area contributed by atoms with Gasteiger partial charge in [0.1, 0.15) is 11.7 Å². The Bertz CT molecular complexity index is 980. The molecule has 1 N–H and O–H groups in total. The van der Waals surface area contributed by atoms with Crippen LogP contribution in [0.15, 0.2) is 36.7 Å². The van der Waals surface area contributed by atoms with Gasteiger partial charge in [0.2, 0.25) is 5.91 Å². The molecule has 4 heterocycles. The van der Waals surface area contributed by atoms with E-state index in [1.807, 2.05) is 39.7 Å². The van der Waals surface area contributed by atoms with E-state index < -0.39 is 0 Å². The third kappa shape index (κ3) is 2.70. The van der Waals surface area contributed by atoms with Crippen LogP contribution in [0, 0.1) is 11.3 Å². The number of nitrogens with one attached hydrogen (secondary N) is 1. The molecule has 0 spiro atoms. The summed E-state index contributed by atoms with van der Waals surface area (Å²) < 4.78 is 3.68. The van der Waals surface area contributed by atoms with Crippen LogP contribution in [-0.4, -0.2) is 38.2 Å². The maximum Gasteiger partial charge on any atom is 0.222 e. The van der Waals surface area contributed by atoms with Gasteiger partial charge in [0.15, 0.2) is 17.3 Å². The third-order valence-corrected chi connectivity index (χ3v) is 4.37. The van der Waals surface area contributed by atoms with Crippen LogP contribution in [0.3, 0.4) is 0 Å². The molecule has 0 aromatic carbocycles. The standard InChI is InChI=1S/C17H17N7O/c1-12(25)19-15-6-9-24(21-15)13-5-8-22(11-13)17-14(10-18)23-7-3-2-4-16(23)20-17/h2-4,6-7,9,13H,5,8,11H2,1H3,(H,19,21,25). The minimum Gasteiger partial charge on any atom is -0.352 e. The highest BCUT2D eigenvalue weighted by Crippen LogP contribution is 2.29. The van der Waals surface area contributed by atoms with E-state index in [1.54, 1.807) is 6.07 Å². The number of amides is 1. The number of rotatable bonds is 3. The first-order valence-corrected chi connectivity index (χ1v) is 8.10. The van der Waals surface area contributed by atoms with Crippen molar-refractivity contribution in [2.45, 2.75) is 19.4 Å². The van der Waals surface area contributed by atoms with Gasteiger partial charge in [0.25, 0.3) is 0 Å². The van der Waals surface area contributed by atoms with E-state index in [0.29, 0.717) is 17.3 Å². The molecule has 1 amide bonds. The predicted octanol–water partition coefficient (Wildman–Crippen LogP) is 1.81. The summed E-state index contributed by atoms with van der Waals surface area (Å²) in [7, 11) is 0. The number of hydrogen-bond acceptors (Lipinski definition) is 5. The second-order valence-electron chi connectivity index (χ2n) is 6.08. The highest BCUT2D eigenvalue weighted by atomic mass is 16.1. The fraction of sp³-hybridized carbons (Fsp3) is 0.294. The average Bonchev–Trinajstić information content (AvgIpc) is 3.31. The average molecular weight is 335 g/mol. The van der Waals surface area contributed by atoms with Crippen molar-refractivity contribution in [1.29, 1.82) is 5.26 Å². The molecule has 0 saturated carbocycles. The second kappa shape index (κ2) is 5.94. The quantitative estimate of drug-likeness (QED) is 0.788. The Morgan fingerprint density at radius 2 is 2.24 bits per heavy atom. The Labute approximate surface area is 144 Å². The van der Waals surface area contributed by atoms with Gasteiger partial charge in [-0.3, -0.25) is 13.9 Å². The van der Waals surface area contributed by atoms with Crippen molar-refractivity contribution in [3.05, 3.63) is 42.4 Å². The van der Waals surface area contributed by atoms with Gasteiger partial charge in [-0.25, -0.2) is 4.98 Å². The molecule has 3 aromatic rings. The molecule has 8 heteroatoms. The first-order chi connectivity index (χ1) is 12.2. The Morgan fingerprint density at radius 1 is 1.36 bits per heavy atom. The zero-order valence-electron chi connectivity index (χ0n) is 13.8. The Morgan fingerprint density at radius 3 is 3.04 bits per heavy atom. The Balaban J connectivity index is 1.58. The first kappa shape index (κ1) is 15.2. The van der Waals surface area contributed by atoms with Crippen molar-refractivity contribution >= 4 is 23.2 Å². The molecule has 1 aliphatic rings. The summed E-state index contributed by atoms with van der Waals surface area (Å²) in [5.74, 6) is 1.13. The number of aromatic nitrogens is 4. The Kier molecular flexibility index (Phi) is 3.61. The van der Waals surface area contributed by atoms with Crippen molar-refractivity contribution in [3.8, 4) is 6.07 Å². The van der Waals surface area contributed by atoms with Crippen LogP contribution in [0.2, 0.25) is 0 Å². The molecule has 3 aromatic heterocycles. The molecule has 126 valence electrons. The normalized spacial score (nSPS) is 17.0. The topological polar surface area (TPSA) is 91.3 Å². The summed E-state index contributed by atoms with van der Waals surface area (Å²) in [4.78, 5) is 17.9. The lowest BCUT2D eigenvalue weighted by molar-refractivity contribution is -0.114. The molecular formula is C17H17N7O. The summed E-state index contributed by atoms with van der Waals surface area (Å²) in [5.41, 5.74) is 1.32. The van der Waals surface area contributed by atoms with Crippen LogP contribution in [0.25, 0.3) is 5.65 Å². The summed E-state index contributed by atoms with van der Waals surface area (Å²) in [6.45, 7) is 2.99. The van der Waals surface area contributed by atoms with Crippen molar-refractivity contribution in [1.82, 2.24) is 19.2 Å². The lowest BCUT2D eigenvalue weighted by Gasteiger charge is -2.16. The fourth-order valence-corrected chi connectivity index (χ4v) is 3.25. The van der Waals surface area contributed by atoms with E-state index >= 15 is 0 Å². The summed E-state index contributed by atoms with van der Waals surface area (Å²) in [6.07, 6.45) is 4.62. The monoisotopic (exact) mass is 335 g/mol.